The standard InChI is InChI=1S/C17H19N3/c1-12-5-7-15(8-6-12)11-20(4)17-16(10-18)13(2)9-14(3)19-17/h5-9H,11H2,1-4H3. The molecule has 2 aromatic rings. The first kappa shape index (κ1) is 14.1. The maximum Gasteiger partial charge on any atom is 0.147 e. The summed E-state index contributed by atoms with van der Waals surface area (Å²) in [5, 5.41) is 9.32. The van der Waals surface area contributed by atoms with Gasteiger partial charge < -0.3 is 4.90 Å². The quantitative estimate of drug-likeness (QED) is 0.852. The number of pyridine rings is 1. The molecule has 1 heterocycles. The van der Waals surface area contributed by atoms with Gasteiger partial charge in [-0.25, -0.2) is 4.98 Å². The van der Waals surface area contributed by atoms with Crippen LogP contribution in [0.15, 0.2) is 30.3 Å². The zero-order valence-electron chi connectivity index (χ0n) is 12.4. The molecule has 0 fully saturated rings. The van der Waals surface area contributed by atoms with E-state index >= 15 is 0 Å². The van der Waals surface area contributed by atoms with Gasteiger partial charge in [0.25, 0.3) is 0 Å². The summed E-state index contributed by atoms with van der Waals surface area (Å²) in [5.74, 6) is 0.755. The summed E-state index contributed by atoms with van der Waals surface area (Å²) < 4.78 is 0. The molecule has 0 aliphatic carbocycles. The highest BCUT2D eigenvalue weighted by atomic mass is 15.2. The lowest BCUT2D eigenvalue weighted by Crippen LogP contribution is -2.19. The van der Waals surface area contributed by atoms with Crippen molar-refractivity contribution in [3.05, 3.63) is 58.3 Å². The fourth-order valence-corrected chi connectivity index (χ4v) is 2.27. The van der Waals surface area contributed by atoms with Gasteiger partial charge in [0.15, 0.2) is 0 Å². The topological polar surface area (TPSA) is 39.9 Å². The average molecular weight is 265 g/mol. The molecular formula is C17H19N3. The number of anilines is 1. The van der Waals surface area contributed by atoms with E-state index in [0.29, 0.717) is 5.56 Å². The maximum atomic E-state index is 9.32. The largest absolute Gasteiger partial charge is 0.354 e. The van der Waals surface area contributed by atoms with Crippen molar-refractivity contribution in [3.63, 3.8) is 0 Å². The molecule has 0 aliphatic heterocycles. The molecule has 1 aromatic heterocycles. The third-order valence-electron chi connectivity index (χ3n) is 3.34. The molecule has 3 nitrogen and oxygen atoms in total. The highest BCUT2D eigenvalue weighted by Crippen LogP contribution is 2.22. The van der Waals surface area contributed by atoms with Crippen molar-refractivity contribution in [2.45, 2.75) is 27.3 Å². The van der Waals surface area contributed by atoms with E-state index in [4.69, 9.17) is 0 Å². The van der Waals surface area contributed by atoms with Crippen molar-refractivity contribution in [3.8, 4) is 6.07 Å². The number of nitriles is 1. The van der Waals surface area contributed by atoms with Gasteiger partial charge in [-0.15, -0.1) is 0 Å². The van der Waals surface area contributed by atoms with Crippen LogP contribution in [0.5, 0.6) is 0 Å². The van der Waals surface area contributed by atoms with Crippen LogP contribution < -0.4 is 4.90 Å². The van der Waals surface area contributed by atoms with Crippen LogP contribution >= 0.6 is 0 Å². The van der Waals surface area contributed by atoms with Crippen LogP contribution in [0.25, 0.3) is 0 Å². The lowest BCUT2D eigenvalue weighted by atomic mass is 10.1. The Hall–Kier alpha value is -2.34. The van der Waals surface area contributed by atoms with E-state index in [9.17, 15) is 5.26 Å². The van der Waals surface area contributed by atoms with Crippen molar-refractivity contribution < 1.29 is 0 Å². The second-order valence-corrected chi connectivity index (χ2v) is 5.23. The summed E-state index contributed by atoms with van der Waals surface area (Å²) in [6.07, 6.45) is 0. The molecule has 0 spiro atoms. The zero-order valence-corrected chi connectivity index (χ0v) is 12.4. The fraction of sp³-hybridized carbons (Fsp3) is 0.294. The van der Waals surface area contributed by atoms with Gasteiger partial charge in [0.1, 0.15) is 11.9 Å². The van der Waals surface area contributed by atoms with Gasteiger partial charge in [0.05, 0.1) is 5.56 Å². The Labute approximate surface area is 120 Å². The fourth-order valence-electron chi connectivity index (χ4n) is 2.27. The molecule has 0 amide bonds. The Morgan fingerprint density at radius 2 is 1.80 bits per heavy atom. The third-order valence-corrected chi connectivity index (χ3v) is 3.34. The predicted molar refractivity (Wildman–Crippen MR) is 81.7 cm³/mol. The predicted octanol–water partition coefficient (Wildman–Crippen LogP) is 3.51. The number of rotatable bonds is 3. The Morgan fingerprint density at radius 3 is 2.40 bits per heavy atom. The van der Waals surface area contributed by atoms with Crippen LogP contribution in [0.2, 0.25) is 0 Å². The number of aromatic nitrogens is 1. The smallest absolute Gasteiger partial charge is 0.147 e. The van der Waals surface area contributed by atoms with Crippen LogP contribution in [0.3, 0.4) is 0 Å². The number of benzene rings is 1. The van der Waals surface area contributed by atoms with Crippen LogP contribution in [-0.2, 0) is 6.54 Å². The SMILES string of the molecule is Cc1ccc(CN(C)c2nc(C)cc(C)c2C#N)cc1. The number of aryl methyl sites for hydroxylation is 3. The molecule has 0 N–H and O–H groups in total. The minimum atomic E-state index is 0.658. The molecule has 0 aliphatic rings. The van der Waals surface area contributed by atoms with Crippen molar-refractivity contribution in [2.24, 2.45) is 0 Å². The summed E-state index contributed by atoms with van der Waals surface area (Å²) in [5.41, 5.74) is 5.03. The second-order valence-electron chi connectivity index (χ2n) is 5.23. The molecule has 0 saturated heterocycles. The summed E-state index contributed by atoms with van der Waals surface area (Å²) in [6.45, 7) is 6.73. The van der Waals surface area contributed by atoms with Crippen molar-refractivity contribution in [2.75, 3.05) is 11.9 Å². The monoisotopic (exact) mass is 265 g/mol. The molecule has 0 atom stereocenters. The van der Waals surface area contributed by atoms with Gasteiger partial charge in [-0.05, 0) is 38.0 Å². The second kappa shape index (κ2) is 5.75. The zero-order chi connectivity index (χ0) is 14.7. The Balaban J connectivity index is 2.32. The highest BCUT2D eigenvalue weighted by molar-refractivity contribution is 5.57. The average Bonchev–Trinajstić information content (AvgIpc) is 2.40. The van der Waals surface area contributed by atoms with Crippen molar-refractivity contribution in [1.82, 2.24) is 4.98 Å². The van der Waals surface area contributed by atoms with Gasteiger partial charge in [-0.1, -0.05) is 29.8 Å². The molecule has 102 valence electrons. The van der Waals surface area contributed by atoms with E-state index in [1.54, 1.807) is 0 Å². The molecule has 3 heteroatoms. The van der Waals surface area contributed by atoms with Crippen LogP contribution in [0.4, 0.5) is 5.82 Å². The first-order valence-corrected chi connectivity index (χ1v) is 6.66. The molecule has 2 rings (SSSR count). The van der Waals surface area contributed by atoms with E-state index in [-0.39, 0.29) is 0 Å². The van der Waals surface area contributed by atoms with Crippen molar-refractivity contribution in [1.29, 1.82) is 5.26 Å². The molecule has 1 aromatic carbocycles. The van der Waals surface area contributed by atoms with E-state index in [0.717, 1.165) is 23.6 Å². The number of hydrogen-bond acceptors (Lipinski definition) is 3. The Bertz CT molecular complexity index is 651. The summed E-state index contributed by atoms with van der Waals surface area (Å²) in [6, 6.07) is 12.6. The number of hydrogen-bond donors (Lipinski definition) is 0. The molecule has 0 bridgehead atoms. The molecule has 20 heavy (non-hydrogen) atoms. The van der Waals surface area contributed by atoms with E-state index in [1.165, 1.54) is 11.1 Å². The Morgan fingerprint density at radius 1 is 1.15 bits per heavy atom. The van der Waals surface area contributed by atoms with Gasteiger partial charge in [-0.2, -0.15) is 5.26 Å². The summed E-state index contributed by atoms with van der Waals surface area (Å²) in [7, 11) is 1.97. The van der Waals surface area contributed by atoms with Gasteiger partial charge in [-0.3, -0.25) is 0 Å². The van der Waals surface area contributed by atoms with Gasteiger partial charge in [0.2, 0.25) is 0 Å². The normalized spacial score (nSPS) is 10.2. The summed E-state index contributed by atoms with van der Waals surface area (Å²) >= 11 is 0. The van der Waals surface area contributed by atoms with Gasteiger partial charge in [0, 0.05) is 19.3 Å². The van der Waals surface area contributed by atoms with Crippen molar-refractivity contribution >= 4 is 5.82 Å². The summed E-state index contributed by atoms with van der Waals surface area (Å²) in [4.78, 5) is 6.55. The lowest BCUT2D eigenvalue weighted by molar-refractivity contribution is 0.886. The maximum absolute atomic E-state index is 9.32. The highest BCUT2D eigenvalue weighted by Gasteiger charge is 2.13. The molecule has 0 saturated carbocycles. The van der Waals surface area contributed by atoms with E-state index in [2.05, 4.69) is 42.2 Å². The first-order chi connectivity index (χ1) is 9.51. The molecule has 0 radical (unpaired) electrons. The minimum Gasteiger partial charge on any atom is -0.354 e. The molecule has 0 unspecified atom stereocenters. The van der Waals surface area contributed by atoms with Crippen LogP contribution in [0, 0.1) is 32.1 Å². The minimum absolute atomic E-state index is 0.658. The van der Waals surface area contributed by atoms with E-state index in [1.807, 2.05) is 31.9 Å². The molecular weight excluding hydrogens is 246 g/mol. The van der Waals surface area contributed by atoms with Crippen LogP contribution in [-0.4, -0.2) is 12.0 Å². The van der Waals surface area contributed by atoms with Gasteiger partial charge >= 0.3 is 0 Å². The van der Waals surface area contributed by atoms with E-state index < -0.39 is 0 Å². The Kier molecular flexibility index (Phi) is 4.05. The van der Waals surface area contributed by atoms with Crippen LogP contribution in [0.1, 0.15) is 27.9 Å². The lowest BCUT2D eigenvalue weighted by Gasteiger charge is -2.21. The first-order valence-electron chi connectivity index (χ1n) is 6.66. The third kappa shape index (κ3) is 2.97. The number of nitrogens with zero attached hydrogens (tertiary/aromatic N) is 3.